The zero-order chi connectivity index (χ0) is 12.1. The summed E-state index contributed by atoms with van der Waals surface area (Å²) in [6.07, 6.45) is 3.89. The molecule has 2 aromatic rings. The van der Waals surface area contributed by atoms with E-state index in [0.717, 1.165) is 29.4 Å². The Bertz CT molecular complexity index is 439. The van der Waals surface area contributed by atoms with E-state index in [1.54, 1.807) is 22.7 Å². The molecule has 1 unspecified atom stereocenters. The second kappa shape index (κ2) is 6.50. The molecule has 2 aromatic heterocycles. The summed E-state index contributed by atoms with van der Waals surface area (Å²) in [4.78, 5) is 5.56. The Morgan fingerprint density at radius 1 is 1.41 bits per heavy atom. The van der Waals surface area contributed by atoms with E-state index in [4.69, 9.17) is 11.6 Å². The van der Waals surface area contributed by atoms with Gasteiger partial charge in [-0.1, -0.05) is 18.5 Å². The second-order valence-electron chi connectivity index (χ2n) is 3.77. The molecule has 0 aliphatic heterocycles. The molecule has 0 saturated heterocycles. The van der Waals surface area contributed by atoms with Crippen molar-refractivity contribution in [1.82, 2.24) is 10.3 Å². The first-order valence-electron chi connectivity index (χ1n) is 5.66. The smallest absolute Gasteiger partial charge is 0.0944 e. The van der Waals surface area contributed by atoms with E-state index in [2.05, 4.69) is 17.2 Å². The molecular weight excluding hydrogens is 272 g/mol. The summed E-state index contributed by atoms with van der Waals surface area (Å²) < 4.78 is 0. The highest BCUT2D eigenvalue weighted by Gasteiger charge is 2.17. The molecule has 2 heterocycles. The molecule has 2 nitrogen and oxygen atoms in total. The zero-order valence-corrected chi connectivity index (χ0v) is 12.0. The van der Waals surface area contributed by atoms with Gasteiger partial charge in [0.1, 0.15) is 0 Å². The molecule has 0 fully saturated rings. The third kappa shape index (κ3) is 3.52. The summed E-state index contributed by atoms with van der Waals surface area (Å²) >= 11 is 9.62. The van der Waals surface area contributed by atoms with Gasteiger partial charge in [0, 0.05) is 28.9 Å². The van der Waals surface area contributed by atoms with Gasteiger partial charge in [-0.15, -0.1) is 22.7 Å². The summed E-state index contributed by atoms with van der Waals surface area (Å²) in [5.74, 6) is 0. The zero-order valence-electron chi connectivity index (χ0n) is 9.65. The maximum Gasteiger partial charge on any atom is 0.0944 e. The van der Waals surface area contributed by atoms with E-state index in [0.29, 0.717) is 0 Å². The SMILES string of the molecule is CCCNC(Cc1nccs1)c1sccc1Cl. The van der Waals surface area contributed by atoms with Crippen LogP contribution in [0.2, 0.25) is 5.02 Å². The Labute approximate surface area is 115 Å². The lowest BCUT2D eigenvalue weighted by molar-refractivity contribution is 0.536. The minimum absolute atomic E-state index is 0.286. The molecule has 0 bridgehead atoms. The fourth-order valence-electron chi connectivity index (χ4n) is 1.66. The van der Waals surface area contributed by atoms with Crippen molar-refractivity contribution in [3.05, 3.63) is 37.9 Å². The summed E-state index contributed by atoms with van der Waals surface area (Å²) in [5.41, 5.74) is 0. The Kier molecular flexibility index (Phi) is 4.98. The number of hydrogen-bond donors (Lipinski definition) is 1. The molecule has 5 heteroatoms. The molecule has 0 aromatic carbocycles. The number of thiazole rings is 1. The maximum absolute atomic E-state index is 6.21. The number of halogens is 1. The van der Waals surface area contributed by atoms with Crippen LogP contribution < -0.4 is 5.32 Å². The van der Waals surface area contributed by atoms with E-state index in [9.17, 15) is 0 Å². The van der Waals surface area contributed by atoms with Crippen molar-refractivity contribution in [3.8, 4) is 0 Å². The van der Waals surface area contributed by atoms with Crippen molar-refractivity contribution in [2.75, 3.05) is 6.54 Å². The van der Waals surface area contributed by atoms with Crippen LogP contribution in [0.3, 0.4) is 0 Å². The number of aromatic nitrogens is 1. The van der Waals surface area contributed by atoms with Gasteiger partial charge in [-0.2, -0.15) is 0 Å². The molecular formula is C12H15ClN2S2. The predicted octanol–water partition coefficient (Wildman–Crippen LogP) is 4.14. The monoisotopic (exact) mass is 286 g/mol. The van der Waals surface area contributed by atoms with Gasteiger partial charge in [0.25, 0.3) is 0 Å². The molecule has 0 radical (unpaired) electrons. The second-order valence-corrected chi connectivity index (χ2v) is 6.10. The highest BCUT2D eigenvalue weighted by molar-refractivity contribution is 7.10. The highest BCUT2D eigenvalue weighted by atomic mass is 35.5. The minimum Gasteiger partial charge on any atom is -0.309 e. The van der Waals surface area contributed by atoms with Gasteiger partial charge >= 0.3 is 0 Å². The highest BCUT2D eigenvalue weighted by Crippen LogP contribution is 2.31. The van der Waals surface area contributed by atoms with Crippen molar-refractivity contribution in [2.24, 2.45) is 0 Å². The molecule has 0 amide bonds. The van der Waals surface area contributed by atoms with Crippen LogP contribution in [-0.4, -0.2) is 11.5 Å². The quantitative estimate of drug-likeness (QED) is 0.863. The van der Waals surface area contributed by atoms with Crippen molar-refractivity contribution >= 4 is 34.3 Å². The van der Waals surface area contributed by atoms with E-state index in [1.807, 2.05) is 23.0 Å². The van der Waals surface area contributed by atoms with Crippen LogP contribution in [0, 0.1) is 0 Å². The van der Waals surface area contributed by atoms with Crippen LogP contribution in [0.25, 0.3) is 0 Å². The summed E-state index contributed by atoms with van der Waals surface area (Å²) in [5, 5.41) is 9.62. The van der Waals surface area contributed by atoms with Crippen LogP contribution in [-0.2, 0) is 6.42 Å². The summed E-state index contributed by atoms with van der Waals surface area (Å²) in [6, 6.07) is 2.25. The van der Waals surface area contributed by atoms with Gasteiger partial charge in [0.2, 0.25) is 0 Å². The predicted molar refractivity (Wildman–Crippen MR) is 76.2 cm³/mol. The number of nitrogens with zero attached hydrogens (tertiary/aromatic N) is 1. The lowest BCUT2D eigenvalue weighted by Gasteiger charge is -2.16. The van der Waals surface area contributed by atoms with Crippen LogP contribution in [0.1, 0.15) is 29.3 Å². The molecule has 0 aliphatic carbocycles. The number of hydrogen-bond acceptors (Lipinski definition) is 4. The molecule has 0 spiro atoms. The average Bonchev–Trinajstić information content (AvgIpc) is 2.95. The van der Waals surface area contributed by atoms with Gasteiger partial charge in [-0.05, 0) is 24.4 Å². The summed E-state index contributed by atoms with van der Waals surface area (Å²) in [6.45, 7) is 3.17. The van der Waals surface area contributed by atoms with E-state index >= 15 is 0 Å². The van der Waals surface area contributed by atoms with Gasteiger partial charge in [0.15, 0.2) is 0 Å². The van der Waals surface area contributed by atoms with E-state index in [1.165, 1.54) is 4.88 Å². The lowest BCUT2D eigenvalue weighted by atomic mass is 10.1. The number of nitrogens with one attached hydrogen (secondary N) is 1. The minimum atomic E-state index is 0.286. The van der Waals surface area contributed by atoms with Crippen LogP contribution >= 0.6 is 34.3 Å². The first-order chi connectivity index (χ1) is 8.31. The first kappa shape index (κ1) is 13.0. The molecule has 92 valence electrons. The normalized spacial score (nSPS) is 12.8. The topological polar surface area (TPSA) is 24.9 Å². The van der Waals surface area contributed by atoms with E-state index in [-0.39, 0.29) is 6.04 Å². The lowest BCUT2D eigenvalue weighted by Crippen LogP contribution is -2.23. The Morgan fingerprint density at radius 3 is 2.88 bits per heavy atom. The van der Waals surface area contributed by atoms with Crippen molar-refractivity contribution in [2.45, 2.75) is 25.8 Å². The van der Waals surface area contributed by atoms with Gasteiger partial charge < -0.3 is 5.32 Å². The summed E-state index contributed by atoms with van der Waals surface area (Å²) in [7, 11) is 0. The largest absolute Gasteiger partial charge is 0.309 e. The third-order valence-corrected chi connectivity index (χ3v) is 4.74. The molecule has 0 saturated carbocycles. The molecule has 17 heavy (non-hydrogen) atoms. The van der Waals surface area contributed by atoms with Crippen molar-refractivity contribution in [3.63, 3.8) is 0 Å². The number of thiophene rings is 1. The van der Waals surface area contributed by atoms with Crippen molar-refractivity contribution < 1.29 is 0 Å². The first-order valence-corrected chi connectivity index (χ1v) is 7.79. The Hall–Kier alpha value is -0.420. The van der Waals surface area contributed by atoms with Gasteiger partial charge in [-0.3, -0.25) is 0 Å². The van der Waals surface area contributed by atoms with E-state index < -0.39 is 0 Å². The standard InChI is InChI=1S/C12H15ClN2S2/c1-2-4-14-10(8-11-15-5-7-16-11)12-9(13)3-6-17-12/h3,5-7,10,14H,2,4,8H2,1H3. The Balaban J connectivity index is 2.11. The van der Waals surface area contributed by atoms with Crippen molar-refractivity contribution in [1.29, 1.82) is 0 Å². The fourth-order valence-corrected chi connectivity index (χ4v) is 3.59. The van der Waals surface area contributed by atoms with Crippen LogP contribution in [0.4, 0.5) is 0 Å². The molecule has 1 N–H and O–H groups in total. The molecule has 0 aliphatic rings. The third-order valence-electron chi connectivity index (χ3n) is 2.46. The maximum atomic E-state index is 6.21. The van der Waals surface area contributed by atoms with Gasteiger partial charge in [-0.25, -0.2) is 4.98 Å². The Morgan fingerprint density at radius 2 is 2.29 bits per heavy atom. The molecule has 1 atom stereocenters. The van der Waals surface area contributed by atoms with Crippen LogP contribution in [0.5, 0.6) is 0 Å². The van der Waals surface area contributed by atoms with Gasteiger partial charge in [0.05, 0.1) is 10.0 Å². The van der Waals surface area contributed by atoms with Crippen LogP contribution in [0.15, 0.2) is 23.0 Å². The number of rotatable bonds is 6. The fraction of sp³-hybridized carbons (Fsp3) is 0.417. The molecule has 2 rings (SSSR count). The average molecular weight is 287 g/mol.